The molecular weight excluding hydrogens is 195 g/mol. The first-order valence-electron chi connectivity index (χ1n) is 3.63. The van der Waals surface area contributed by atoms with Crippen molar-refractivity contribution in [1.82, 2.24) is 4.98 Å². The summed E-state index contributed by atoms with van der Waals surface area (Å²) < 4.78 is 0. The molecule has 1 aromatic heterocycles. The maximum absolute atomic E-state index is 5.89. The van der Waals surface area contributed by atoms with E-state index in [0.717, 1.165) is 5.69 Å². The lowest BCUT2D eigenvalue weighted by molar-refractivity contribution is 0.825. The van der Waals surface area contributed by atoms with Crippen molar-refractivity contribution in [1.29, 1.82) is 0 Å². The standard InChI is InChI=1S/C8H10Cl2N2/c1-4(2)7-5(9)3-6(10)8(11)12-7/h3-4H,1-2H3,(H2,11,12). The summed E-state index contributed by atoms with van der Waals surface area (Å²) in [5.41, 5.74) is 6.32. The van der Waals surface area contributed by atoms with E-state index in [0.29, 0.717) is 15.9 Å². The summed E-state index contributed by atoms with van der Waals surface area (Å²) in [7, 11) is 0. The van der Waals surface area contributed by atoms with Gasteiger partial charge in [0.1, 0.15) is 5.82 Å². The molecule has 0 aromatic carbocycles. The van der Waals surface area contributed by atoms with Crippen LogP contribution >= 0.6 is 23.2 Å². The van der Waals surface area contributed by atoms with Gasteiger partial charge < -0.3 is 5.73 Å². The molecule has 0 aliphatic carbocycles. The van der Waals surface area contributed by atoms with Crippen LogP contribution in [0.4, 0.5) is 5.82 Å². The Bertz CT molecular complexity index is 297. The molecule has 0 unspecified atom stereocenters. The zero-order valence-electron chi connectivity index (χ0n) is 6.94. The van der Waals surface area contributed by atoms with Gasteiger partial charge in [0.05, 0.1) is 15.7 Å². The van der Waals surface area contributed by atoms with Gasteiger partial charge in [-0.2, -0.15) is 0 Å². The van der Waals surface area contributed by atoms with Gasteiger partial charge in [-0.05, 0) is 12.0 Å². The van der Waals surface area contributed by atoms with E-state index in [2.05, 4.69) is 4.98 Å². The highest BCUT2D eigenvalue weighted by molar-refractivity contribution is 6.36. The van der Waals surface area contributed by atoms with Crippen molar-refractivity contribution in [2.75, 3.05) is 5.73 Å². The van der Waals surface area contributed by atoms with Crippen LogP contribution in [0.1, 0.15) is 25.5 Å². The van der Waals surface area contributed by atoms with E-state index in [4.69, 9.17) is 28.9 Å². The van der Waals surface area contributed by atoms with Crippen LogP contribution in [-0.4, -0.2) is 4.98 Å². The number of hydrogen-bond acceptors (Lipinski definition) is 2. The number of nitrogen functional groups attached to an aromatic ring is 1. The Hall–Kier alpha value is -0.470. The third-order valence-electron chi connectivity index (χ3n) is 1.53. The molecule has 0 bridgehead atoms. The molecule has 0 amide bonds. The smallest absolute Gasteiger partial charge is 0.142 e. The van der Waals surface area contributed by atoms with Gasteiger partial charge in [0.25, 0.3) is 0 Å². The predicted octanol–water partition coefficient (Wildman–Crippen LogP) is 3.09. The lowest BCUT2D eigenvalue weighted by Gasteiger charge is -2.08. The van der Waals surface area contributed by atoms with E-state index in [1.165, 1.54) is 0 Å². The van der Waals surface area contributed by atoms with Crippen LogP contribution in [0.25, 0.3) is 0 Å². The lowest BCUT2D eigenvalue weighted by Crippen LogP contribution is -1.99. The zero-order chi connectivity index (χ0) is 9.30. The van der Waals surface area contributed by atoms with Crippen LogP contribution in [0.2, 0.25) is 10.0 Å². The number of pyridine rings is 1. The molecule has 1 rings (SSSR count). The predicted molar refractivity (Wildman–Crippen MR) is 52.8 cm³/mol. The average Bonchev–Trinajstić information content (AvgIpc) is 1.96. The van der Waals surface area contributed by atoms with E-state index >= 15 is 0 Å². The number of aromatic nitrogens is 1. The van der Waals surface area contributed by atoms with Crippen molar-refractivity contribution >= 4 is 29.0 Å². The molecule has 0 aliphatic heterocycles. The molecule has 2 nitrogen and oxygen atoms in total. The van der Waals surface area contributed by atoms with Crippen LogP contribution in [0.15, 0.2) is 6.07 Å². The number of rotatable bonds is 1. The van der Waals surface area contributed by atoms with E-state index < -0.39 is 0 Å². The Morgan fingerprint density at radius 3 is 2.42 bits per heavy atom. The fourth-order valence-corrected chi connectivity index (χ4v) is 1.48. The van der Waals surface area contributed by atoms with Crippen molar-refractivity contribution < 1.29 is 0 Å². The molecule has 0 fully saturated rings. The third-order valence-corrected chi connectivity index (χ3v) is 2.14. The van der Waals surface area contributed by atoms with Gasteiger partial charge in [0.15, 0.2) is 0 Å². The van der Waals surface area contributed by atoms with Crippen LogP contribution in [0.3, 0.4) is 0 Å². The van der Waals surface area contributed by atoms with Gasteiger partial charge in [-0.1, -0.05) is 37.0 Å². The van der Waals surface area contributed by atoms with Crippen molar-refractivity contribution in [2.45, 2.75) is 19.8 Å². The van der Waals surface area contributed by atoms with Gasteiger partial charge in [-0.15, -0.1) is 0 Å². The first-order chi connectivity index (χ1) is 5.52. The summed E-state index contributed by atoms with van der Waals surface area (Å²) in [5.74, 6) is 0.599. The van der Waals surface area contributed by atoms with E-state index in [1.54, 1.807) is 6.07 Å². The highest BCUT2D eigenvalue weighted by Crippen LogP contribution is 2.28. The highest BCUT2D eigenvalue weighted by atomic mass is 35.5. The number of hydrogen-bond donors (Lipinski definition) is 1. The van der Waals surface area contributed by atoms with Gasteiger partial charge in [0.2, 0.25) is 0 Å². The fraction of sp³-hybridized carbons (Fsp3) is 0.375. The molecule has 1 heterocycles. The molecule has 2 N–H and O–H groups in total. The molecule has 0 spiro atoms. The Balaban J connectivity index is 3.23. The van der Waals surface area contributed by atoms with Crippen LogP contribution in [0, 0.1) is 0 Å². The summed E-state index contributed by atoms with van der Waals surface area (Å²) in [5, 5.41) is 0.980. The number of anilines is 1. The SMILES string of the molecule is CC(C)c1nc(N)c(Cl)cc1Cl. The zero-order valence-corrected chi connectivity index (χ0v) is 8.45. The lowest BCUT2D eigenvalue weighted by atomic mass is 10.1. The molecule has 1 aromatic rings. The maximum atomic E-state index is 5.89. The molecule has 0 saturated carbocycles. The average molecular weight is 205 g/mol. The van der Waals surface area contributed by atoms with E-state index in [1.807, 2.05) is 13.8 Å². The first-order valence-corrected chi connectivity index (χ1v) is 4.39. The first kappa shape index (κ1) is 9.62. The Morgan fingerprint density at radius 1 is 1.33 bits per heavy atom. The quantitative estimate of drug-likeness (QED) is 0.764. The molecule has 66 valence electrons. The topological polar surface area (TPSA) is 38.9 Å². The van der Waals surface area contributed by atoms with Gasteiger partial charge >= 0.3 is 0 Å². The van der Waals surface area contributed by atoms with E-state index in [-0.39, 0.29) is 5.92 Å². The van der Waals surface area contributed by atoms with Gasteiger partial charge in [0, 0.05) is 0 Å². The second-order valence-corrected chi connectivity index (χ2v) is 3.69. The normalized spacial score (nSPS) is 10.8. The molecule has 0 aliphatic rings. The number of nitrogens with two attached hydrogens (primary N) is 1. The van der Waals surface area contributed by atoms with Crippen LogP contribution in [0.5, 0.6) is 0 Å². The van der Waals surface area contributed by atoms with Crippen molar-refractivity contribution in [3.05, 3.63) is 21.8 Å². The Kier molecular flexibility index (Phi) is 2.80. The molecular formula is C8H10Cl2N2. The summed E-state index contributed by atoms with van der Waals surface area (Å²) in [6, 6.07) is 1.63. The molecule has 0 radical (unpaired) electrons. The highest BCUT2D eigenvalue weighted by Gasteiger charge is 2.09. The van der Waals surface area contributed by atoms with Crippen molar-refractivity contribution in [2.24, 2.45) is 0 Å². The third kappa shape index (κ3) is 1.82. The van der Waals surface area contributed by atoms with Crippen LogP contribution < -0.4 is 5.73 Å². The van der Waals surface area contributed by atoms with Crippen molar-refractivity contribution in [3.63, 3.8) is 0 Å². The number of nitrogens with zero attached hydrogens (tertiary/aromatic N) is 1. The second kappa shape index (κ2) is 3.50. The van der Waals surface area contributed by atoms with Crippen LogP contribution in [-0.2, 0) is 0 Å². The summed E-state index contributed by atoms with van der Waals surface area (Å²) in [6.07, 6.45) is 0. The Labute approximate surface area is 81.7 Å². The monoisotopic (exact) mass is 204 g/mol. The summed E-state index contributed by atoms with van der Waals surface area (Å²) >= 11 is 11.6. The number of halogens is 2. The van der Waals surface area contributed by atoms with Gasteiger partial charge in [-0.25, -0.2) is 4.98 Å². The minimum Gasteiger partial charge on any atom is -0.382 e. The molecule has 0 saturated heterocycles. The molecule has 4 heteroatoms. The Morgan fingerprint density at radius 2 is 1.92 bits per heavy atom. The summed E-state index contributed by atoms with van der Waals surface area (Å²) in [6.45, 7) is 4.00. The van der Waals surface area contributed by atoms with E-state index in [9.17, 15) is 0 Å². The molecule has 0 atom stereocenters. The summed E-state index contributed by atoms with van der Waals surface area (Å²) in [4.78, 5) is 4.09. The largest absolute Gasteiger partial charge is 0.382 e. The van der Waals surface area contributed by atoms with Crippen molar-refractivity contribution in [3.8, 4) is 0 Å². The molecule has 12 heavy (non-hydrogen) atoms. The minimum absolute atomic E-state index is 0.261. The fourth-order valence-electron chi connectivity index (χ4n) is 0.901. The van der Waals surface area contributed by atoms with Gasteiger partial charge in [-0.3, -0.25) is 0 Å². The minimum atomic E-state index is 0.261. The second-order valence-electron chi connectivity index (χ2n) is 2.88. The maximum Gasteiger partial charge on any atom is 0.142 e.